The van der Waals surface area contributed by atoms with Crippen molar-refractivity contribution in [2.24, 2.45) is 5.10 Å². The van der Waals surface area contributed by atoms with Crippen molar-refractivity contribution in [2.75, 3.05) is 5.32 Å². The van der Waals surface area contributed by atoms with Crippen molar-refractivity contribution >= 4 is 40.1 Å². The van der Waals surface area contributed by atoms with Crippen molar-refractivity contribution in [3.63, 3.8) is 0 Å². The summed E-state index contributed by atoms with van der Waals surface area (Å²) in [5.41, 5.74) is 7.28. The Balaban J connectivity index is 1.44. The average molecular weight is 520 g/mol. The number of nitrogens with one attached hydrogen (secondary N) is 1. The van der Waals surface area contributed by atoms with Crippen LogP contribution >= 0.6 is 23.6 Å². The van der Waals surface area contributed by atoms with Crippen molar-refractivity contribution in [2.45, 2.75) is 19.4 Å². The zero-order chi connectivity index (χ0) is 25.2. The quantitative estimate of drug-likeness (QED) is 0.245. The van der Waals surface area contributed by atoms with Crippen LogP contribution in [0.15, 0.2) is 114 Å². The molecule has 37 heavy (non-hydrogen) atoms. The van der Waals surface area contributed by atoms with Crippen molar-refractivity contribution in [3.8, 4) is 16.9 Å². The molecular formula is C30H25N5S2. The van der Waals surface area contributed by atoms with E-state index in [1.165, 1.54) is 5.56 Å². The first-order chi connectivity index (χ1) is 18.2. The molecule has 0 saturated carbocycles. The van der Waals surface area contributed by atoms with Gasteiger partial charge >= 0.3 is 0 Å². The molecule has 5 nitrogen and oxygen atoms in total. The number of rotatable bonds is 5. The Labute approximate surface area is 225 Å². The predicted molar refractivity (Wildman–Crippen MR) is 156 cm³/mol. The van der Waals surface area contributed by atoms with Gasteiger partial charge in [-0.05, 0) is 54.9 Å². The van der Waals surface area contributed by atoms with Crippen LogP contribution in [0.2, 0.25) is 0 Å². The molecule has 0 aliphatic carbocycles. The highest BCUT2D eigenvalue weighted by molar-refractivity contribution is 7.80. The molecule has 0 spiro atoms. The zero-order valence-corrected chi connectivity index (χ0v) is 21.9. The smallest absolute Gasteiger partial charge is 0.194 e. The second kappa shape index (κ2) is 10.1. The van der Waals surface area contributed by atoms with E-state index >= 15 is 0 Å². The van der Waals surface area contributed by atoms with Gasteiger partial charge in [0.15, 0.2) is 5.11 Å². The second-order valence-corrected chi connectivity index (χ2v) is 10.3. The molecule has 0 radical (unpaired) electrons. The summed E-state index contributed by atoms with van der Waals surface area (Å²) < 4.78 is 1.96. The molecule has 0 unspecified atom stereocenters. The van der Waals surface area contributed by atoms with Crippen LogP contribution in [-0.4, -0.2) is 25.6 Å². The number of thiocarbonyl (C=S) groups is 1. The lowest BCUT2D eigenvalue weighted by molar-refractivity contribution is 0.376. The molecule has 5 aromatic rings. The Hall–Kier alpha value is -4.07. The molecule has 1 atom stereocenters. The van der Waals surface area contributed by atoms with E-state index < -0.39 is 0 Å². The van der Waals surface area contributed by atoms with E-state index in [-0.39, 0.29) is 6.04 Å². The molecule has 182 valence electrons. The summed E-state index contributed by atoms with van der Waals surface area (Å²) in [6, 6.07) is 32.8. The van der Waals surface area contributed by atoms with E-state index in [9.17, 15) is 0 Å². The molecule has 3 aromatic carbocycles. The van der Waals surface area contributed by atoms with Crippen LogP contribution in [0.3, 0.4) is 0 Å². The van der Waals surface area contributed by atoms with Crippen LogP contribution in [0.4, 0.5) is 5.69 Å². The fourth-order valence-electron chi connectivity index (χ4n) is 4.51. The standard InChI is InChI=1S/C30H25N5S2/c1-21-14-16-22(17-15-21)29-25(20-34(33-29)24-11-6-3-7-12-24)27-19-26(28-13-8-18-37-28)32-35(27)30(36)31-23-9-4-2-5-10-23/h2-18,20,27H,19H2,1H3,(H,31,36)/t27-/m1/s1. The lowest BCUT2D eigenvalue weighted by Crippen LogP contribution is -2.31. The minimum absolute atomic E-state index is 0.102. The van der Waals surface area contributed by atoms with Gasteiger partial charge in [-0.3, -0.25) is 0 Å². The van der Waals surface area contributed by atoms with Gasteiger partial charge in [-0.15, -0.1) is 11.3 Å². The summed E-state index contributed by atoms with van der Waals surface area (Å²) in [4.78, 5) is 1.15. The third-order valence-corrected chi connectivity index (χ3v) is 7.60. The second-order valence-electron chi connectivity index (χ2n) is 8.96. The van der Waals surface area contributed by atoms with Gasteiger partial charge in [-0.1, -0.05) is 72.3 Å². The van der Waals surface area contributed by atoms with E-state index in [1.807, 2.05) is 58.2 Å². The summed E-state index contributed by atoms with van der Waals surface area (Å²) >= 11 is 7.61. The lowest BCUT2D eigenvalue weighted by Gasteiger charge is -2.24. The van der Waals surface area contributed by atoms with Gasteiger partial charge in [0.05, 0.1) is 28.0 Å². The van der Waals surface area contributed by atoms with Crippen LogP contribution in [0.25, 0.3) is 16.9 Å². The number of benzene rings is 3. The normalized spacial score (nSPS) is 15.0. The Morgan fingerprint density at radius 2 is 1.65 bits per heavy atom. The van der Waals surface area contributed by atoms with E-state index in [4.69, 9.17) is 22.4 Å². The highest BCUT2D eigenvalue weighted by Crippen LogP contribution is 2.39. The maximum absolute atomic E-state index is 5.92. The van der Waals surface area contributed by atoms with E-state index in [2.05, 4.69) is 72.3 Å². The Bertz CT molecular complexity index is 1540. The molecule has 0 saturated heterocycles. The van der Waals surface area contributed by atoms with Gasteiger partial charge in [-0.2, -0.15) is 10.2 Å². The number of hydrogen-bond donors (Lipinski definition) is 1. The van der Waals surface area contributed by atoms with Gasteiger partial charge in [0.25, 0.3) is 0 Å². The van der Waals surface area contributed by atoms with Crippen LogP contribution in [0, 0.1) is 6.92 Å². The first kappa shape index (κ1) is 23.3. The van der Waals surface area contributed by atoms with Gasteiger partial charge in [0, 0.05) is 29.4 Å². The molecule has 1 N–H and O–H groups in total. The van der Waals surface area contributed by atoms with Gasteiger partial charge < -0.3 is 5.32 Å². The Kier molecular flexibility index (Phi) is 6.39. The molecule has 7 heteroatoms. The van der Waals surface area contributed by atoms with Crippen LogP contribution < -0.4 is 5.32 Å². The lowest BCUT2D eigenvalue weighted by atomic mass is 9.98. The number of thiophene rings is 1. The molecule has 0 bridgehead atoms. The summed E-state index contributed by atoms with van der Waals surface area (Å²) in [5, 5.41) is 18.1. The highest BCUT2D eigenvalue weighted by Gasteiger charge is 2.35. The van der Waals surface area contributed by atoms with Gasteiger partial charge in [-0.25, -0.2) is 9.69 Å². The third kappa shape index (κ3) is 4.83. The molecule has 0 amide bonds. The van der Waals surface area contributed by atoms with Crippen LogP contribution in [-0.2, 0) is 0 Å². The molecule has 3 heterocycles. The monoisotopic (exact) mass is 519 g/mol. The first-order valence-corrected chi connectivity index (χ1v) is 13.4. The topological polar surface area (TPSA) is 45.5 Å². The van der Waals surface area contributed by atoms with Crippen molar-refractivity contribution in [3.05, 3.63) is 125 Å². The number of hydrogen-bond acceptors (Lipinski definition) is 4. The number of para-hydroxylation sites is 2. The summed E-state index contributed by atoms with van der Waals surface area (Å²) in [7, 11) is 0. The maximum atomic E-state index is 5.92. The first-order valence-electron chi connectivity index (χ1n) is 12.1. The van der Waals surface area contributed by atoms with E-state index in [1.54, 1.807) is 11.3 Å². The van der Waals surface area contributed by atoms with Crippen molar-refractivity contribution in [1.29, 1.82) is 0 Å². The molecule has 1 aliphatic heterocycles. The number of anilines is 1. The van der Waals surface area contributed by atoms with E-state index in [0.717, 1.165) is 45.2 Å². The van der Waals surface area contributed by atoms with Gasteiger partial charge in [0.2, 0.25) is 0 Å². The Morgan fingerprint density at radius 3 is 2.35 bits per heavy atom. The van der Waals surface area contributed by atoms with E-state index in [0.29, 0.717) is 5.11 Å². The van der Waals surface area contributed by atoms with Crippen LogP contribution in [0.1, 0.15) is 28.5 Å². The minimum atomic E-state index is -0.102. The maximum Gasteiger partial charge on any atom is 0.194 e. The third-order valence-electron chi connectivity index (χ3n) is 6.40. The van der Waals surface area contributed by atoms with Crippen molar-refractivity contribution < 1.29 is 0 Å². The summed E-state index contributed by atoms with van der Waals surface area (Å²) in [6.45, 7) is 2.10. The molecular weight excluding hydrogens is 494 g/mol. The average Bonchev–Trinajstić information content (AvgIpc) is 3.70. The summed E-state index contributed by atoms with van der Waals surface area (Å²) in [6.07, 6.45) is 2.86. The summed E-state index contributed by atoms with van der Waals surface area (Å²) in [5.74, 6) is 0. The molecule has 6 rings (SSSR count). The molecule has 1 aliphatic rings. The minimum Gasteiger partial charge on any atom is -0.331 e. The predicted octanol–water partition coefficient (Wildman–Crippen LogP) is 7.46. The number of nitrogens with zero attached hydrogens (tertiary/aromatic N) is 4. The van der Waals surface area contributed by atoms with Crippen LogP contribution in [0.5, 0.6) is 0 Å². The van der Waals surface area contributed by atoms with Gasteiger partial charge in [0.1, 0.15) is 0 Å². The fraction of sp³-hybridized carbons (Fsp3) is 0.100. The largest absolute Gasteiger partial charge is 0.331 e. The molecule has 2 aromatic heterocycles. The SMILES string of the molecule is Cc1ccc(-c2nn(-c3ccccc3)cc2[C@H]2CC(c3cccs3)=NN2C(=S)Nc2ccccc2)cc1. The van der Waals surface area contributed by atoms with Crippen molar-refractivity contribution in [1.82, 2.24) is 14.8 Å². The Morgan fingerprint density at radius 1 is 0.919 bits per heavy atom. The number of aromatic nitrogens is 2. The number of hydrazone groups is 1. The zero-order valence-electron chi connectivity index (χ0n) is 20.3. The number of aryl methyl sites for hydroxylation is 1. The highest BCUT2D eigenvalue weighted by atomic mass is 32.1. The molecule has 0 fully saturated rings. The fourth-order valence-corrected chi connectivity index (χ4v) is 5.52.